The van der Waals surface area contributed by atoms with Gasteiger partial charge in [0.1, 0.15) is 12.5 Å². The lowest BCUT2D eigenvalue weighted by Gasteiger charge is -2.15. The van der Waals surface area contributed by atoms with Crippen LogP contribution in [0.4, 0.5) is 4.79 Å². The molecule has 0 aliphatic carbocycles. The zero-order chi connectivity index (χ0) is 13.8. The van der Waals surface area contributed by atoms with Crippen molar-refractivity contribution in [1.82, 2.24) is 4.90 Å². The quantitative estimate of drug-likeness (QED) is 0.840. The number of amides is 1. The van der Waals surface area contributed by atoms with E-state index in [-0.39, 0.29) is 19.7 Å². The maximum absolute atomic E-state index is 11.7. The monoisotopic (exact) mass is 265 g/mol. The van der Waals surface area contributed by atoms with Crippen LogP contribution < -0.4 is 0 Å². The van der Waals surface area contributed by atoms with Gasteiger partial charge in [0.05, 0.1) is 12.6 Å². The number of carbonyl (C=O) groups is 2. The highest BCUT2D eigenvalue weighted by molar-refractivity contribution is 5.74. The number of likely N-dealkylation sites (tertiary alicyclic amines) is 1. The fourth-order valence-electron chi connectivity index (χ4n) is 1.99. The smallest absolute Gasteiger partial charge is 0.410 e. The second-order valence-corrected chi connectivity index (χ2v) is 4.46. The largest absolute Gasteiger partial charge is 0.481 e. The maximum atomic E-state index is 11.7. The lowest BCUT2D eigenvalue weighted by molar-refractivity contribution is -0.143. The van der Waals surface area contributed by atoms with E-state index >= 15 is 0 Å². The van der Waals surface area contributed by atoms with Crippen molar-refractivity contribution in [3.63, 3.8) is 0 Å². The highest BCUT2D eigenvalue weighted by atomic mass is 16.6. The van der Waals surface area contributed by atoms with E-state index in [1.54, 1.807) is 0 Å². The predicted octanol–water partition coefficient (Wildman–Crippen LogP) is 0.701. The van der Waals surface area contributed by atoms with Gasteiger partial charge in [-0.3, -0.25) is 4.79 Å². The van der Waals surface area contributed by atoms with Crippen LogP contribution in [0, 0.1) is 5.92 Å². The van der Waals surface area contributed by atoms with Crippen LogP contribution in [0.5, 0.6) is 0 Å². The Kier molecular flexibility index (Phi) is 4.01. The molecule has 0 saturated carbocycles. The number of rotatable bonds is 3. The summed E-state index contributed by atoms with van der Waals surface area (Å²) in [6, 6.07) is 9.18. The zero-order valence-corrected chi connectivity index (χ0v) is 10.2. The molecule has 6 nitrogen and oxygen atoms in total. The molecular weight excluding hydrogens is 250 g/mol. The highest BCUT2D eigenvalue weighted by Gasteiger charge is 2.39. The van der Waals surface area contributed by atoms with E-state index in [2.05, 4.69) is 0 Å². The molecule has 1 aliphatic heterocycles. The SMILES string of the molecule is O=C(O)[C@H]1CN(C(=O)OCc2ccccc2)C[C@@H]1O. The summed E-state index contributed by atoms with van der Waals surface area (Å²) < 4.78 is 5.07. The van der Waals surface area contributed by atoms with Crippen LogP contribution in [0.15, 0.2) is 30.3 Å². The summed E-state index contributed by atoms with van der Waals surface area (Å²) >= 11 is 0. The average molecular weight is 265 g/mol. The van der Waals surface area contributed by atoms with Crippen molar-refractivity contribution in [2.45, 2.75) is 12.7 Å². The molecule has 2 N–H and O–H groups in total. The Morgan fingerprint density at radius 2 is 1.95 bits per heavy atom. The third-order valence-corrected chi connectivity index (χ3v) is 3.07. The third kappa shape index (κ3) is 3.23. The molecular formula is C13H15NO5. The molecule has 1 aromatic carbocycles. The number of hydrogen-bond donors (Lipinski definition) is 2. The molecule has 2 atom stereocenters. The number of nitrogens with zero attached hydrogens (tertiary/aromatic N) is 1. The number of carboxylic acid groups (broad SMARTS) is 1. The number of β-amino-alcohol motifs (C(OH)–C–C–N with tert-alkyl or cyclic N) is 1. The number of ether oxygens (including phenoxy) is 1. The van der Waals surface area contributed by atoms with Gasteiger partial charge >= 0.3 is 12.1 Å². The molecule has 0 unspecified atom stereocenters. The van der Waals surface area contributed by atoms with Crippen LogP contribution in [-0.4, -0.2) is 46.4 Å². The van der Waals surface area contributed by atoms with Gasteiger partial charge in [-0.15, -0.1) is 0 Å². The van der Waals surface area contributed by atoms with E-state index in [4.69, 9.17) is 9.84 Å². The fourth-order valence-corrected chi connectivity index (χ4v) is 1.99. The minimum atomic E-state index is -1.11. The maximum Gasteiger partial charge on any atom is 0.410 e. The van der Waals surface area contributed by atoms with Gasteiger partial charge in [0, 0.05) is 6.54 Å². The highest BCUT2D eigenvalue weighted by Crippen LogP contribution is 2.18. The van der Waals surface area contributed by atoms with E-state index in [0.29, 0.717) is 0 Å². The Labute approximate surface area is 110 Å². The zero-order valence-electron chi connectivity index (χ0n) is 10.2. The van der Waals surface area contributed by atoms with Crippen LogP contribution >= 0.6 is 0 Å². The molecule has 1 heterocycles. The Bertz CT molecular complexity index is 461. The van der Waals surface area contributed by atoms with Crippen molar-refractivity contribution in [1.29, 1.82) is 0 Å². The number of aliphatic carboxylic acids is 1. The number of aliphatic hydroxyl groups is 1. The third-order valence-electron chi connectivity index (χ3n) is 3.07. The Morgan fingerprint density at radius 3 is 2.53 bits per heavy atom. The van der Waals surface area contributed by atoms with Crippen LogP contribution in [0.2, 0.25) is 0 Å². The number of aliphatic hydroxyl groups excluding tert-OH is 1. The molecule has 1 aromatic rings. The number of carboxylic acids is 1. The number of hydrogen-bond acceptors (Lipinski definition) is 4. The summed E-state index contributed by atoms with van der Waals surface area (Å²) in [5.74, 6) is -2.05. The normalized spacial score (nSPS) is 22.3. The van der Waals surface area contributed by atoms with Crippen LogP contribution in [0.1, 0.15) is 5.56 Å². The van der Waals surface area contributed by atoms with Gasteiger partial charge in [-0.1, -0.05) is 30.3 Å². The van der Waals surface area contributed by atoms with E-state index < -0.39 is 24.1 Å². The van der Waals surface area contributed by atoms with Crippen molar-refractivity contribution in [3.05, 3.63) is 35.9 Å². The van der Waals surface area contributed by atoms with Crippen molar-refractivity contribution >= 4 is 12.1 Å². The van der Waals surface area contributed by atoms with Gasteiger partial charge in [-0.25, -0.2) is 4.79 Å². The van der Waals surface area contributed by atoms with E-state index in [1.165, 1.54) is 4.90 Å². The first-order chi connectivity index (χ1) is 9.08. The molecule has 6 heteroatoms. The predicted molar refractivity (Wildman–Crippen MR) is 65.3 cm³/mol. The molecule has 0 bridgehead atoms. The Balaban J connectivity index is 1.86. The lowest BCUT2D eigenvalue weighted by atomic mass is 10.1. The van der Waals surface area contributed by atoms with Gasteiger partial charge in [0.2, 0.25) is 0 Å². The van der Waals surface area contributed by atoms with Crippen molar-refractivity contribution in [2.24, 2.45) is 5.92 Å². The van der Waals surface area contributed by atoms with Crippen molar-refractivity contribution in [3.8, 4) is 0 Å². The first-order valence-electron chi connectivity index (χ1n) is 5.94. The number of benzene rings is 1. The topological polar surface area (TPSA) is 87.1 Å². The van der Waals surface area contributed by atoms with Gasteiger partial charge in [0.15, 0.2) is 0 Å². The average Bonchev–Trinajstić information content (AvgIpc) is 2.79. The molecule has 2 rings (SSSR count). The minimum Gasteiger partial charge on any atom is -0.481 e. The standard InChI is InChI=1S/C13H15NO5/c15-11-7-14(6-10(11)12(16)17)13(18)19-8-9-4-2-1-3-5-9/h1-5,10-11,15H,6-8H2,(H,16,17)/t10-,11-/m0/s1. The summed E-state index contributed by atoms with van der Waals surface area (Å²) in [6.45, 7) is 0.0960. The molecule has 19 heavy (non-hydrogen) atoms. The number of carbonyl (C=O) groups excluding carboxylic acids is 1. The van der Waals surface area contributed by atoms with Gasteiger partial charge in [-0.2, -0.15) is 0 Å². The van der Waals surface area contributed by atoms with Gasteiger partial charge in [0.25, 0.3) is 0 Å². The molecule has 1 amide bonds. The molecule has 0 spiro atoms. The van der Waals surface area contributed by atoms with Crippen molar-refractivity contribution in [2.75, 3.05) is 13.1 Å². The van der Waals surface area contributed by atoms with Gasteiger partial charge in [-0.05, 0) is 5.56 Å². The van der Waals surface area contributed by atoms with Crippen LogP contribution in [0.25, 0.3) is 0 Å². The van der Waals surface area contributed by atoms with Crippen molar-refractivity contribution < 1.29 is 24.5 Å². The second kappa shape index (κ2) is 5.71. The molecule has 1 aliphatic rings. The van der Waals surface area contributed by atoms with Gasteiger partial charge < -0.3 is 19.8 Å². The van der Waals surface area contributed by atoms with E-state index in [1.807, 2.05) is 30.3 Å². The van der Waals surface area contributed by atoms with E-state index in [0.717, 1.165) is 5.56 Å². The van der Waals surface area contributed by atoms with E-state index in [9.17, 15) is 14.7 Å². The molecule has 0 aromatic heterocycles. The second-order valence-electron chi connectivity index (χ2n) is 4.46. The molecule has 102 valence electrons. The lowest BCUT2D eigenvalue weighted by Crippen LogP contribution is -2.30. The molecule has 1 fully saturated rings. The minimum absolute atomic E-state index is 0.00934. The molecule has 1 saturated heterocycles. The fraction of sp³-hybridized carbons (Fsp3) is 0.385. The molecule has 0 radical (unpaired) electrons. The summed E-state index contributed by atoms with van der Waals surface area (Å²) in [7, 11) is 0. The van der Waals surface area contributed by atoms with Crippen LogP contribution in [0.3, 0.4) is 0 Å². The summed E-state index contributed by atoms with van der Waals surface area (Å²) in [6.07, 6.45) is -1.64. The van der Waals surface area contributed by atoms with Crippen LogP contribution in [-0.2, 0) is 16.1 Å². The first-order valence-corrected chi connectivity index (χ1v) is 5.94. The Morgan fingerprint density at radius 1 is 1.26 bits per heavy atom. The summed E-state index contributed by atoms with van der Waals surface area (Å²) in [5, 5.41) is 18.4. The Hall–Kier alpha value is -2.08. The summed E-state index contributed by atoms with van der Waals surface area (Å²) in [4.78, 5) is 23.8. The first kappa shape index (κ1) is 13.4. The summed E-state index contributed by atoms with van der Waals surface area (Å²) in [5.41, 5.74) is 0.852.